The number of methoxy groups -OCH3 is 1. The van der Waals surface area contributed by atoms with E-state index in [1.807, 2.05) is 6.92 Å². The molecule has 0 aliphatic rings. The van der Waals surface area contributed by atoms with E-state index in [0.717, 1.165) is 6.42 Å². The molecule has 0 spiro atoms. The summed E-state index contributed by atoms with van der Waals surface area (Å²) in [6.45, 7) is 2.68. The molecule has 0 aromatic rings. The first kappa shape index (κ1) is 15.9. The second-order valence-electron chi connectivity index (χ2n) is 4.07. The van der Waals surface area contributed by atoms with Gasteiger partial charge in [0.15, 0.2) is 0 Å². The summed E-state index contributed by atoms with van der Waals surface area (Å²) in [6, 6.07) is -0.774. The van der Waals surface area contributed by atoms with E-state index in [9.17, 15) is 9.59 Å². The highest BCUT2D eigenvalue weighted by molar-refractivity contribution is 5.79. The molecule has 1 atom stereocenters. The van der Waals surface area contributed by atoms with Crippen molar-refractivity contribution in [1.29, 1.82) is 0 Å². The lowest BCUT2D eigenvalue weighted by Gasteiger charge is -2.28. The Morgan fingerprint density at radius 2 is 1.94 bits per heavy atom. The van der Waals surface area contributed by atoms with Gasteiger partial charge >= 0.3 is 5.97 Å². The van der Waals surface area contributed by atoms with Crippen molar-refractivity contribution < 1.29 is 19.4 Å². The first-order valence-electron chi connectivity index (χ1n) is 5.60. The van der Waals surface area contributed by atoms with E-state index in [4.69, 9.17) is 9.84 Å². The minimum Gasteiger partial charge on any atom is -0.480 e. The Morgan fingerprint density at radius 3 is 2.29 bits per heavy atom. The summed E-state index contributed by atoms with van der Waals surface area (Å²) in [5, 5.41) is 9.11. The van der Waals surface area contributed by atoms with E-state index >= 15 is 0 Å². The van der Waals surface area contributed by atoms with E-state index in [2.05, 4.69) is 0 Å². The highest BCUT2D eigenvalue weighted by Gasteiger charge is 2.27. The van der Waals surface area contributed by atoms with Gasteiger partial charge < -0.3 is 14.7 Å². The number of likely N-dealkylation sites (N-methyl/N-ethyl adjacent to an activating group) is 1. The van der Waals surface area contributed by atoms with E-state index in [-0.39, 0.29) is 19.1 Å². The van der Waals surface area contributed by atoms with Crippen LogP contribution in [0.4, 0.5) is 0 Å². The van der Waals surface area contributed by atoms with Gasteiger partial charge in [0.1, 0.15) is 6.04 Å². The molecular formula is C11H22N2O4. The van der Waals surface area contributed by atoms with Crippen LogP contribution in [0.1, 0.15) is 13.3 Å². The van der Waals surface area contributed by atoms with Crippen molar-refractivity contribution in [2.24, 2.45) is 0 Å². The third-order valence-electron chi connectivity index (χ3n) is 2.40. The van der Waals surface area contributed by atoms with Crippen molar-refractivity contribution in [3.05, 3.63) is 0 Å². The number of carboxylic acids is 1. The van der Waals surface area contributed by atoms with Gasteiger partial charge in [-0.2, -0.15) is 0 Å². The number of nitrogens with zero attached hydrogens (tertiary/aromatic N) is 2. The highest BCUT2D eigenvalue weighted by atomic mass is 16.5. The number of ether oxygens (including phenoxy) is 1. The normalized spacial score (nSPS) is 12.5. The lowest BCUT2D eigenvalue weighted by Crippen LogP contribution is -2.48. The lowest BCUT2D eigenvalue weighted by atomic mass is 10.2. The first-order chi connectivity index (χ1) is 7.93. The van der Waals surface area contributed by atoms with E-state index in [1.54, 1.807) is 19.0 Å². The molecule has 1 N–H and O–H groups in total. The zero-order valence-electron chi connectivity index (χ0n) is 11.0. The maximum atomic E-state index is 11.6. The summed E-state index contributed by atoms with van der Waals surface area (Å²) in [7, 11) is 4.75. The van der Waals surface area contributed by atoms with Crippen LogP contribution in [0.2, 0.25) is 0 Å². The third kappa shape index (κ3) is 5.65. The van der Waals surface area contributed by atoms with Crippen LogP contribution in [-0.2, 0) is 14.3 Å². The van der Waals surface area contributed by atoms with Crippen LogP contribution in [0.25, 0.3) is 0 Å². The van der Waals surface area contributed by atoms with Gasteiger partial charge in [0.05, 0.1) is 13.2 Å². The quantitative estimate of drug-likeness (QED) is 0.647. The Kier molecular flexibility index (Phi) is 7.49. The van der Waals surface area contributed by atoms with Crippen LogP contribution in [0.3, 0.4) is 0 Å². The van der Waals surface area contributed by atoms with Crippen molar-refractivity contribution in [2.75, 3.05) is 40.9 Å². The zero-order valence-corrected chi connectivity index (χ0v) is 11.0. The number of rotatable bonds is 8. The van der Waals surface area contributed by atoms with E-state index in [1.165, 1.54) is 12.0 Å². The fourth-order valence-electron chi connectivity index (χ4n) is 1.44. The molecule has 6 nitrogen and oxygen atoms in total. The summed E-state index contributed by atoms with van der Waals surface area (Å²) < 4.78 is 4.89. The molecule has 1 amide bonds. The smallest absolute Gasteiger partial charge is 0.323 e. The van der Waals surface area contributed by atoms with Crippen molar-refractivity contribution in [3.8, 4) is 0 Å². The summed E-state index contributed by atoms with van der Waals surface area (Å²) in [4.78, 5) is 25.8. The monoisotopic (exact) mass is 246 g/mol. The summed E-state index contributed by atoms with van der Waals surface area (Å²) in [6.07, 6.45) is 0.786. The average Bonchev–Trinajstić information content (AvgIpc) is 2.24. The zero-order chi connectivity index (χ0) is 13.4. The van der Waals surface area contributed by atoms with Crippen LogP contribution < -0.4 is 0 Å². The summed E-state index contributed by atoms with van der Waals surface area (Å²) in [5.74, 6) is -1.08. The number of carbonyl (C=O) groups excluding carboxylic acids is 1. The van der Waals surface area contributed by atoms with Crippen LogP contribution >= 0.6 is 0 Å². The topological polar surface area (TPSA) is 70.1 Å². The predicted octanol–water partition coefficient (Wildman–Crippen LogP) is -0.114. The number of carbonyl (C=O) groups is 2. The van der Waals surface area contributed by atoms with Crippen LogP contribution in [0.5, 0.6) is 0 Å². The third-order valence-corrected chi connectivity index (χ3v) is 2.40. The Bertz CT molecular complexity index is 256. The molecule has 0 rings (SSSR count). The lowest BCUT2D eigenvalue weighted by molar-refractivity contribution is -0.146. The predicted molar refractivity (Wildman–Crippen MR) is 63.9 cm³/mol. The standard InChI is InChI=1S/C11H22N2O4/c1-5-6-13(7-10(14)12(2)3)9(8-17-4)11(15)16/h9H,5-8H2,1-4H3,(H,15,16). The maximum absolute atomic E-state index is 11.6. The molecule has 17 heavy (non-hydrogen) atoms. The minimum absolute atomic E-state index is 0.0794. The van der Waals surface area contributed by atoms with Gasteiger partial charge in [-0.1, -0.05) is 6.92 Å². The second-order valence-corrected chi connectivity index (χ2v) is 4.07. The Morgan fingerprint density at radius 1 is 1.35 bits per heavy atom. The Balaban J connectivity index is 4.66. The molecule has 6 heteroatoms. The van der Waals surface area contributed by atoms with Gasteiger partial charge in [0, 0.05) is 21.2 Å². The second kappa shape index (κ2) is 8.03. The average molecular weight is 246 g/mol. The molecule has 1 unspecified atom stereocenters. The molecule has 0 saturated carbocycles. The van der Waals surface area contributed by atoms with Gasteiger partial charge in [0.25, 0.3) is 0 Å². The van der Waals surface area contributed by atoms with Crippen molar-refractivity contribution in [3.63, 3.8) is 0 Å². The molecule has 0 radical (unpaired) electrons. The molecule has 0 aliphatic carbocycles. The van der Waals surface area contributed by atoms with E-state index < -0.39 is 12.0 Å². The van der Waals surface area contributed by atoms with Gasteiger partial charge in [0.2, 0.25) is 5.91 Å². The molecule has 0 aliphatic heterocycles. The number of aliphatic carboxylic acids is 1. The van der Waals surface area contributed by atoms with Crippen LogP contribution in [0.15, 0.2) is 0 Å². The molecule has 0 heterocycles. The van der Waals surface area contributed by atoms with Crippen LogP contribution in [-0.4, -0.2) is 73.7 Å². The summed E-state index contributed by atoms with van der Waals surface area (Å²) >= 11 is 0. The van der Waals surface area contributed by atoms with Gasteiger partial charge in [-0.15, -0.1) is 0 Å². The SMILES string of the molecule is CCCN(CC(=O)N(C)C)C(COC)C(=O)O. The van der Waals surface area contributed by atoms with Crippen molar-refractivity contribution in [2.45, 2.75) is 19.4 Å². The van der Waals surface area contributed by atoms with Crippen molar-refractivity contribution in [1.82, 2.24) is 9.80 Å². The number of hydrogen-bond acceptors (Lipinski definition) is 4. The molecule has 0 aromatic carbocycles. The maximum Gasteiger partial charge on any atom is 0.323 e. The fourth-order valence-corrected chi connectivity index (χ4v) is 1.44. The van der Waals surface area contributed by atoms with Crippen molar-refractivity contribution >= 4 is 11.9 Å². The molecule has 100 valence electrons. The number of carboxylic acid groups (broad SMARTS) is 1. The Labute approximate surface area is 102 Å². The first-order valence-corrected chi connectivity index (χ1v) is 5.60. The van der Waals surface area contributed by atoms with Gasteiger partial charge in [-0.3, -0.25) is 14.5 Å². The number of amides is 1. The largest absolute Gasteiger partial charge is 0.480 e. The molecule has 0 aromatic heterocycles. The van der Waals surface area contributed by atoms with E-state index in [0.29, 0.717) is 6.54 Å². The Hall–Kier alpha value is -1.14. The molecule has 0 fully saturated rings. The van der Waals surface area contributed by atoms with Gasteiger partial charge in [-0.05, 0) is 13.0 Å². The minimum atomic E-state index is -0.966. The molecular weight excluding hydrogens is 224 g/mol. The number of hydrogen-bond donors (Lipinski definition) is 1. The summed E-state index contributed by atoms with van der Waals surface area (Å²) in [5.41, 5.74) is 0. The van der Waals surface area contributed by atoms with Crippen LogP contribution in [0, 0.1) is 0 Å². The fraction of sp³-hybridized carbons (Fsp3) is 0.818. The molecule has 0 saturated heterocycles. The molecule has 0 bridgehead atoms. The highest BCUT2D eigenvalue weighted by Crippen LogP contribution is 2.03. The van der Waals surface area contributed by atoms with Gasteiger partial charge in [-0.25, -0.2) is 0 Å².